The molecule has 0 spiro atoms. The molecule has 0 aromatic heterocycles. The van der Waals surface area contributed by atoms with Gasteiger partial charge in [0.25, 0.3) is 0 Å². The van der Waals surface area contributed by atoms with Gasteiger partial charge in [0.05, 0.1) is 6.54 Å². The first-order valence-electron chi connectivity index (χ1n) is 7.87. The minimum Gasteiger partial charge on any atom is -0.492 e. The first-order valence-corrected chi connectivity index (χ1v) is 8.24. The molecule has 1 heterocycles. The standard InChI is InChI=1S/C18H19ClN2O4/c1-18(2)24-15-8-5-13(11-16(15)25-18)21-17(22)20-9-10-23-14-6-3-12(19)4-7-14/h3-8,11H,9-10H2,1-2H3,(H2,20,21,22). The van der Waals surface area contributed by atoms with Crippen LogP contribution in [0.5, 0.6) is 17.2 Å². The molecular weight excluding hydrogens is 344 g/mol. The molecule has 0 atom stereocenters. The van der Waals surface area contributed by atoms with Gasteiger partial charge < -0.3 is 24.8 Å². The molecule has 6 nitrogen and oxygen atoms in total. The summed E-state index contributed by atoms with van der Waals surface area (Å²) in [6, 6.07) is 12.0. The van der Waals surface area contributed by atoms with E-state index in [1.165, 1.54) is 0 Å². The molecule has 2 aromatic carbocycles. The van der Waals surface area contributed by atoms with E-state index in [1.54, 1.807) is 42.5 Å². The Morgan fingerprint density at radius 3 is 2.60 bits per heavy atom. The summed E-state index contributed by atoms with van der Waals surface area (Å²) in [5, 5.41) is 6.12. The van der Waals surface area contributed by atoms with Crippen LogP contribution >= 0.6 is 11.6 Å². The summed E-state index contributed by atoms with van der Waals surface area (Å²) in [6.45, 7) is 4.37. The highest BCUT2D eigenvalue weighted by molar-refractivity contribution is 6.30. The van der Waals surface area contributed by atoms with Crippen molar-refractivity contribution >= 4 is 23.3 Å². The van der Waals surface area contributed by atoms with Crippen LogP contribution in [0.2, 0.25) is 5.02 Å². The lowest BCUT2D eigenvalue weighted by Gasteiger charge is -2.16. The zero-order chi connectivity index (χ0) is 17.9. The van der Waals surface area contributed by atoms with Gasteiger partial charge in [0.1, 0.15) is 12.4 Å². The number of carbonyl (C=O) groups is 1. The van der Waals surface area contributed by atoms with E-state index in [-0.39, 0.29) is 6.03 Å². The van der Waals surface area contributed by atoms with Gasteiger partial charge in [-0.2, -0.15) is 0 Å². The molecule has 132 valence electrons. The quantitative estimate of drug-likeness (QED) is 0.787. The molecule has 3 rings (SSSR count). The lowest BCUT2D eigenvalue weighted by Crippen LogP contribution is -2.32. The first kappa shape index (κ1) is 17.2. The molecule has 0 bridgehead atoms. The topological polar surface area (TPSA) is 68.8 Å². The number of anilines is 1. The molecule has 0 fully saturated rings. The van der Waals surface area contributed by atoms with Crippen LogP contribution in [0.15, 0.2) is 42.5 Å². The van der Waals surface area contributed by atoms with Gasteiger partial charge in [-0.05, 0) is 36.4 Å². The normalized spacial score (nSPS) is 14.0. The Morgan fingerprint density at radius 1 is 1.12 bits per heavy atom. The predicted octanol–water partition coefficient (Wildman–Crippen LogP) is 4.05. The second-order valence-electron chi connectivity index (χ2n) is 5.95. The number of halogens is 1. The molecule has 2 amide bonds. The number of benzene rings is 2. The number of fused-ring (bicyclic) bond motifs is 1. The zero-order valence-electron chi connectivity index (χ0n) is 14.0. The lowest BCUT2D eigenvalue weighted by molar-refractivity contribution is -0.0431. The molecule has 0 aliphatic carbocycles. The SMILES string of the molecule is CC1(C)Oc2ccc(NC(=O)NCCOc3ccc(Cl)cc3)cc2O1. The summed E-state index contributed by atoms with van der Waals surface area (Å²) in [5.41, 5.74) is 0.621. The molecule has 0 radical (unpaired) electrons. The smallest absolute Gasteiger partial charge is 0.319 e. The van der Waals surface area contributed by atoms with Crippen LogP contribution in [-0.2, 0) is 0 Å². The van der Waals surface area contributed by atoms with Crippen molar-refractivity contribution < 1.29 is 19.0 Å². The predicted molar refractivity (Wildman–Crippen MR) is 95.7 cm³/mol. The van der Waals surface area contributed by atoms with Crippen LogP contribution in [-0.4, -0.2) is 25.0 Å². The maximum absolute atomic E-state index is 11.9. The van der Waals surface area contributed by atoms with E-state index in [0.717, 1.165) is 0 Å². The van der Waals surface area contributed by atoms with Crippen LogP contribution in [0.4, 0.5) is 10.5 Å². The monoisotopic (exact) mass is 362 g/mol. The van der Waals surface area contributed by atoms with Crippen molar-refractivity contribution in [2.45, 2.75) is 19.6 Å². The lowest BCUT2D eigenvalue weighted by atomic mass is 10.3. The molecule has 0 saturated heterocycles. The van der Waals surface area contributed by atoms with Crippen LogP contribution in [0, 0.1) is 0 Å². The summed E-state index contributed by atoms with van der Waals surface area (Å²) in [7, 11) is 0. The second-order valence-corrected chi connectivity index (χ2v) is 6.39. The number of ether oxygens (including phenoxy) is 3. The van der Waals surface area contributed by atoms with Crippen molar-refractivity contribution in [2.75, 3.05) is 18.5 Å². The molecule has 1 aliphatic heterocycles. The maximum atomic E-state index is 11.9. The summed E-state index contributed by atoms with van der Waals surface area (Å²) in [6.07, 6.45) is 0. The molecule has 2 N–H and O–H groups in total. The van der Waals surface area contributed by atoms with Crippen molar-refractivity contribution in [3.05, 3.63) is 47.5 Å². The average molecular weight is 363 g/mol. The van der Waals surface area contributed by atoms with Crippen molar-refractivity contribution in [3.8, 4) is 17.2 Å². The Hall–Kier alpha value is -2.60. The number of nitrogens with one attached hydrogen (secondary N) is 2. The Kier molecular flexibility index (Phi) is 4.90. The van der Waals surface area contributed by atoms with Gasteiger partial charge in [0, 0.05) is 30.6 Å². The van der Waals surface area contributed by atoms with Gasteiger partial charge in [-0.25, -0.2) is 4.79 Å². The van der Waals surface area contributed by atoms with Crippen LogP contribution in [0.25, 0.3) is 0 Å². The van der Waals surface area contributed by atoms with E-state index in [0.29, 0.717) is 41.1 Å². The minimum absolute atomic E-state index is 0.321. The molecule has 0 saturated carbocycles. The molecule has 7 heteroatoms. The van der Waals surface area contributed by atoms with E-state index in [9.17, 15) is 4.79 Å². The summed E-state index contributed by atoms with van der Waals surface area (Å²) in [5.74, 6) is 1.27. The van der Waals surface area contributed by atoms with Gasteiger partial charge in [-0.1, -0.05) is 11.6 Å². The highest BCUT2D eigenvalue weighted by atomic mass is 35.5. The highest BCUT2D eigenvalue weighted by Gasteiger charge is 2.31. The van der Waals surface area contributed by atoms with Crippen molar-refractivity contribution in [1.29, 1.82) is 0 Å². The Bertz CT molecular complexity index is 762. The molecule has 25 heavy (non-hydrogen) atoms. The fourth-order valence-corrected chi connectivity index (χ4v) is 2.47. The maximum Gasteiger partial charge on any atom is 0.319 e. The largest absolute Gasteiger partial charge is 0.492 e. The third kappa shape index (κ3) is 4.70. The molecule has 1 aliphatic rings. The molecule has 0 unspecified atom stereocenters. The Balaban J connectivity index is 1.43. The summed E-state index contributed by atoms with van der Waals surface area (Å²) >= 11 is 5.80. The van der Waals surface area contributed by atoms with Gasteiger partial charge in [0.15, 0.2) is 11.5 Å². The van der Waals surface area contributed by atoms with E-state index >= 15 is 0 Å². The van der Waals surface area contributed by atoms with Gasteiger partial charge in [0.2, 0.25) is 5.79 Å². The average Bonchev–Trinajstić information content (AvgIpc) is 2.86. The number of carbonyl (C=O) groups excluding carboxylic acids is 1. The van der Waals surface area contributed by atoms with Crippen LogP contribution in [0.1, 0.15) is 13.8 Å². The van der Waals surface area contributed by atoms with E-state index < -0.39 is 5.79 Å². The van der Waals surface area contributed by atoms with Crippen molar-refractivity contribution in [3.63, 3.8) is 0 Å². The fourth-order valence-electron chi connectivity index (χ4n) is 2.34. The van der Waals surface area contributed by atoms with E-state index in [4.69, 9.17) is 25.8 Å². The van der Waals surface area contributed by atoms with Crippen LogP contribution < -0.4 is 24.8 Å². The Labute approximate surface area is 151 Å². The number of amides is 2. The fraction of sp³-hybridized carbons (Fsp3) is 0.278. The summed E-state index contributed by atoms with van der Waals surface area (Å²) in [4.78, 5) is 11.9. The third-order valence-corrected chi connectivity index (χ3v) is 3.64. The third-order valence-electron chi connectivity index (χ3n) is 3.38. The zero-order valence-corrected chi connectivity index (χ0v) is 14.7. The van der Waals surface area contributed by atoms with E-state index in [1.807, 2.05) is 13.8 Å². The second kappa shape index (κ2) is 7.11. The minimum atomic E-state index is -0.692. The van der Waals surface area contributed by atoms with Gasteiger partial charge in [-0.3, -0.25) is 0 Å². The molecule has 2 aromatic rings. The Morgan fingerprint density at radius 2 is 1.84 bits per heavy atom. The summed E-state index contributed by atoms with van der Waals surface area (Å²) < 4.78 is 16.8. The van der Waals surface area contributed by atoms with Crippen molar-refractivity contribution in [2.24, 2.45) is 0 Å². The van der Waals surface area contributed by atoms with E-state index in [2.05, 4.69) is 10.6 Å². The van der Waals surface area contributed by atoms with Crippen LogP contribution in [0.3, 0.4) is 0 Å². The highest BCUT2D eigenvalue weighted by Crippen LogP contribution is 2.40. The van der Waals surface area contributed by atoms with Crippen molar-refractivity contribution in [1.82, 2.24) is 5.32 Å². The number of urea groups is 1. The first-order chi connectivity index (χ1) is 11.9. The van der Waals surface area contributed by atoms with Gasteiger partial charge >= 0.3 is 6.03 Å². The number of hydrogen-bond acceptors (Lipinski definition) is 4. The number of hydrogen-bond donors (Lipinski definition) is 2. The molecular formula is C18H19ClN2O4. The number of rotatable bonds is 5. The van der Waals surface area contributed by atoms with Gasteiger partial charge in [-0.15, -0.1) is 0 Å².